The second-order valence-corrected chi connectivity index (χ2v) is 7.07. The van der Waals surface area contributed by atoms with Crippen molar-refractivity contribution in [3.63, 3.8) is 0 Å². The molecule has 1 amide bonds. The molecule has 0 saturated carbocycles. The maximum absolute atomic E-state index is 13.0. The van der Waals surface area contributed by atoms with Crippen LogP contribution in [-0.2, 0) is 6.54 Å². The smallest absolute Gasteiger partial charge is 0.272 e. The van der Waals surface area contributed by atoms with Gasteiger partial charge in [0.05, 0.1) is 5.69 Å². The molecule has 0 aromatic carbocycles. The number of hydrogen-bond donors (Lipinski definition) is 0. The zero-order valence-corrected chi connectivity index (χ0v) is 15.9. The fourth-order valence-electron chi connectivity index (χ4n) is 3.32. The Morgan fingerprint density at radius 3 is 2.42 bits per heavy atom. The highest BCUT2D eigenvalue weighted by Crippen LogP contribution is 2.16. The number of amides is 1. The van der Waals surface area contributed by atoms with Crippen molar-refractivity contribution in [2.75, 3.05) is 32.7 Å². The van der Waals surface area contributed by atoms with E-state index in [1.54, 1.807) is 0 Å². The van der Waals surface area contributed by atoms with Crippen LogP contribution in [0.4, 0.5) is 0 Å². The number of carbonyl (C=O) groups excluding carboxylic acids is 1. The monoisotopic (exact) mass is 334 g/mol. The predicted octanol–water partition coefficient (Wildman–Crippen LogP) is 3.36. The van der Waals surface area contributed by atoms with Gasteiger partial charge in [-0.2, -0.15) is 5.10 Å². The van der Waals surface area contributed by atoms with Crippen LogP contribution in [0, 0.1) is 0 Å². The molecule has 136 valence electrons. The zero-order valence-electron chi connectivity index (χ0n) is 15.9. The highest BCUT2D eigenvalue weighted by molar-refractivity contribution is 5.92. The Kier molecular flexibility index (Phi) is 7.28. The Morgan fingerprint density at radius 2 is 1.88 bits per heavy atom. The van der Waals surface area contributed by atoms with Gasteiger partial charge in [-0.05, 0) is 51.8 Å². The lowest BCUT2D eigenvalue weighted by Gasteiger charge is -2.26. The topological polar surface area (TPSA) is 41.4 Å². The SMILES string of the molecule is CCN(CCN1CCCCCC1)C(=O)c1cc(C(C)C)nn1CC. The number of aryl methyl sites for hydroxylation is 1. The summed E-state index contributed by atoms with van der Waals surface area (Å²) in [6.45, 7) is 14.0. The van der Waals surface area contributed by atoms with Crippen molar-refractivity contribution >= 4 is 5.91 Å². The fraction of sp³-hybridized carbons (Fsp3) is 0.789. The average Bonchev–Trinajstić information content (AvgIpc) is 2.85. The van der Waals surface area contributed by atoms with Gasteiger partial charge < -0.3 is 9.80 Å². The Balaban J connectivity index is 2.02. The standard InChI is InChI=1S/C19H34N4O/c1-5-22(14-13-21-11-9-7-8-10-12-21)19(24)18-15-17(16(3)4)20-23(18)6-2/h15-16H,5-14H2,1-4H3. The first-order valence-electron chi connectivity index (χ1n) is 9.66. The van der Waals surface area contributed by atoms with E-state index in [9.17, 15) is 4.79 Å². The first-order chi connectivity index (χ1) is 11.6. The van der Waals surface area contributed by atoms with Crippen LogP contribution in [0.5, 0.6) is 0 Å². The van der Waals surface area contributed by atoms with Gasteiger partial charge in [0, 0.05) is 26.2 Å². The second-order valence-electron chi connectivity index (χ2n) is 7.07. The highest BCUT2D eigenvalue weighted by atomic mass is 16.2. The third-order valence-corrected chi connectivity index (χ3v) is 4.96. The third-order valence-electron chi connectivity index (χ3n) is 4.96. The molecule has 1 aliphatic heterocycles. The lowest BCUT2D eigenvalue weighted by Crippen LogP contribution is -2.39. The molecule has 0 bridgehead atoms. The van der Waals surface area contributed by atoms with Crippen molar-refractivity contribution in [3.05, 3.63) is 17.5 Å². The molecule has 0 radical (unpaired) electrons. The molecule has 5 heteroatoms. The molecule has 0 N–H and O–H groups in total. The van der Waals surface area contributed by atoms with E-state index in [1.807, 2.05) is 22.6 Å². The van der Waals surface area contributed by atoms with Crippen molar-refractivity contribution < 1.29 is 4.79 Å². The normalized spacial score (nSPS) is 16.4. The maximum atomic E-state index is 13.0. The van der Waals surface area contributed by atoms with E-state index in [1.165, 1.54) is 38.8 Å². The van der Waals surface area contributed by atoms with E-state index in [0.29, 0.717) is 5.92 Å². The van der Waals surface area contributed by atoms with Gasteiger partial charge in [0.15, 0.2) is 0 Å². The van der Waals surface area contributed by atoms with Crippen molar-refractivity contribution in [2.45, 2.75) is 65.8 Å². The second kappa shape index (κ2) is 9.21. The lowest BCUT2D eigenvalue weighted by molar-refractivity contribution is 0.0733. The quantitative estimate of drug-likeness (QED) is 0.768. The fourth-order valence-corrected chi connectivity index (χ4v) is 3.32. The number of likely N-dealkylation sites (N-methyl/N-ethyl adjacent to an activating group) is 1. The van der Waals surface area contributed by atoms with Crippen LogP contribution in [-0.4, -0.2) is 58.2 Å². The largest absolute Gasteiger partial charge is 0.336 e. The summed E-state index contributed by atoms with van der Waals surface area (Å²) in [5.74, 6) is 0.463. The van der Waals surface area contributed by atoms with Crippen LogP contribution < -0.4 is 0 Å². The summed E-state index contributed by atoms with van der Waals surface area (Å²) >= 11 is 0. The van der Waals surface area contributed by atoms with Gasteiger partial charge in [-0.1, -0.05) is 26.7 Å². The van der Waals surface area contributed by atoms with Crippen LogP contribution in [0.25, 0.3) is 0 Å². The molecular weight excluding hydrogens is 300 g/mol. The number of nitrogens with zero attached hydrogens (tertiary/aromatic N) is 4. The minimum absolute atomic E-state index is 0.119. The zero-order chi connectivity index (χ0) is 17.5. The van der Waals surface area contributed by atoms with E-state index < -0.39 is 0 Å². The van der Waals surface area contributed by atoms with Gasteiger partial charge in [-0.3, -0.25) is 9.48 Å². The number of likely N-dealkylation sites (tertiary alicyclic amines) is 1. The summed E-state index contributed by atoms with van der Waals surface area (Å²) in [6.07, 6.45) is 5.28. The van der Waals surface area contributed by atoms with E-state index >= 15 is 0 Å². The summed E-state index contributed by atoms with van der Waals surface area (Å²) in [4.78, 5) is 17.5. The van der Waals surface area contributed by atoms with Gasteiger partial charge in [0.1, 0.15) is 5.69 Å². The first kappa shape index (κ1) is 19.0. The molecule has 1 fully saturated rings. The molecule has 0 unspecified atom stereocenters. The van der Waals surface area contributed by atoms with Crippen molar-refractivity contribution in [1.29, 1.82) is 0 Å². The van der Waals surface area contributed by atoms with E-state index in [-0.39, 0.29) is 5.91 Å². The van der Waals surface area contributed by atoms with Gasteiger partial charge >= 0.3 is 0 Å². The molecule has 0 spiro atoms. The maximum Gasteiger partial charge on any atom is 0.272 e. The molecule has 1 aromatic rings. The molecule has 0 atom stereocenters. The highest BCUT2D eigenvalue weighted by Gasteiger charge is 2.21. The minimum atomic E-state index is 0.119. The molecule has 2 heterocycles. The Labute approximate surface area is 147 Å². The average molecular weight is 335 g/mol. The van der Waals surface area contributed by atoms with Crippen LogP contribution in [0.3, 0.4) is 0 Å². The Morgan fingerprint density at radius 1 is 1.21 bits per heavy atom. The molecule has 1 saturated heterocycles. The summed E-state index contributed by atoms with van der Waals surface area (Å²) in [7, 11) is 0. The van der Waals surface area contributed by atoms with Gasteiger partial charge in [0.25, 0.3) is 5.91 Å². The minimum Gasteiger partial charge on any atom is -0.336 e. The van der Waals surface area contributed by atoms with Crippen LogP contribution in [0.1, 0.15) is 75.5 Å². The molecule has 0 aliphatic carbocycles. The van der Waals surface area contributed by atoms with Crippen molar-refractivity contribution in [2.24, 2.45) is 0 Å². The number of hydrogen-bond acceptors (Lipinski definition) is 3. The van der Waals surface area contributed by atoms with Crippen LogP contribution in [0.15, 0.2) is 6.07 Å². The Bertz CT molecular complexity index is 515. The molecule has 24 heavy (non-hydrogen) atoms. The number of aromatic nitrogens is 2. The Hall–Kier alpha value is -1.36. The summed E-state index contributed by atoms with van der Waals surface area (Å²) in [6, 6.07) is 1.98. The summed E-state index contributed by atoms with van der Waals surface area (Å²) in [5.41, 5.74) is 1.74. The van der Waals surface area contributed by atoms with E-state index in [0.717, 1.165) is 37.6 Å². The molecule has 1 aromatic heterocycles. The van der Waals surface area contributed by atoms with Crippen LogP contribution in [0.2, 0.25) is 0 Å². The summed E-state index contributed by atoms with van der Waals surface area (Å²) in [5, 5.41) is 4.59. The van der Waals surface area contributed by atoms with E-state index in [4.69, 9.17) is 0 Å². The van der Waals surface area contributed by atoms with Gasteiger partial charge in [0.2, 0.25) is 0 Å². The van der Waals surface area contributed by atoms with Gasteiger partial charge in [-0.25, -0.2) is 0 Å². The molecular formula is C19H34N4O. The van der Waals surface area contributed by atoms with Gasteiger partial charge in [-0.15, -0.1) is 0 Å². The van der Waals surface area contributed by atoms with Crippen molar-refractivity contribution in [1.82, 2.24) is 19.6 Å². The summed E-state index contributed by atoms with van der Waals surface area (Å²) < 4.78 is 1.85. The number of carbonyl (C=O) groups is 1. The third kappa shape index (κ3) is 4.82. The molecule has 5 nitrogen and oxygen atoms in total. The lowest BCUT2D eigenvalue weighted by atomic mass is 10.1. The molecule has 1 aliphatic rings. The molecule has 2 rings (SSSR count). The predicted molar refractivity (Wildman–Crippen MR) is 98.5 cm³/mol. The van der Waals surface area contributed by atoms with E-state index in [2.05, 4.69) is 30.8 Å². The number of rotatable bonds is 7. The van der Waals surface area contributed by atoms with Crippen LogP contribution >= 0.6 is 0 Å². The van der Waals surface area contributed by atoms with Crippen molar-refractivity contribution in [3.8, 4) is 0 Å². The first-order valence-corrected chi connectivity index (χ1v) is 9.66.